The third kappa shape index (κ3) is 4.35. The van der Waals surface area contributed by atoms with E-state index >= 15 is 0 Å². The molecule has 0 N–H and O–H groups in total. The number of carbonyl (C=O) groups excluding carboxylic acids is 1. The molecule has 0 aromatic carbocycles. The van der Waals surface area contributed by atoms with Gasteiger partial charge in [0.1, 0.15) is 6.10 Å². The molecule has 4 nitrogen and oxygen atoms in total. The van der Waals surface area contributed by atoms with E-state index in [0.717, 1.165) is 38.5 Å². The summed E-state index contributed by atoms with van der Waals surface area (Å²) >= 11 is 0. The highest BCUT2D eigenvalue weighted by Gasteiger charge is 2.55. The van der Waals surface area contributed by atoms with Gasteiger partial charge in [-0.05, 0) is 52.9 Å². The van der Waals surface area contributed by atoms with Gasteiger partial charge in [0, 0.05) is 19.4 Å². The Morgan fingerprint density at radius 2 is 2.00 bits per heavy atom. The lowest BCUT2D eigenvalue weighted by molar-refractivity contribution is -0.145. The van der Waals surface area contributed by atoms with Crippen LogP contribution in [0.3, 0.4) is 0 Å². The summed E-state index contributed by atoms with van der Waals surface area (Å²) in [4.78, 5) is 12.4. The lowest BCUT2D eigenvalue weighted by Crippen LogP contribution is -2.27. The second-order valence-electron chi connectivity index (χ2n) is 8.24. The lowest BCUT2D eigenvalue weighted by Gasteiger charge is -2.21. The van der Waals surface area contributed by atoms with Crippen molar-refractivity contribution < 1.29 is 19.0 Å². The predicted octanol–water partition coefficient (Wildman–Crippen LogP) is 4.19. The van der Waals surface area contributed by atoms with E-state index in [9.17, 15) is 4.79 Å². The van der Waals surface area contributed by atoms with Crippen molar-refractivity contribution in [3.63, 3.8) is 0 Å². The highest BCUT2D eigenvalue weighted by Crippen LogP contribution is 2.47. The van der Waals surface area contributed by atoms with E-state index in [1.54, 1.807) is 7.11 Å². The van der Waals surface area contributed by atoms with Crippen LogP contribution < -0.4 is 0 Å². The molecule has 0 spiro atoms. The first-order chi connectivity index (χ1) is 11.9. The number of methoxy groups -OCH3 is 1. The standard InChI is InChI=1S/C21H32O4/c1-14-7-5-8-15(2)11-18-16(17(13-23-4)20(22)24-18)12-19-21(3,25-19)10-6-9-14/h8-9,16-19H,5-7,10-13H2,1-4H3/b14-9+,15-8+/t16-,17-,18-,19+,21+/m0/s1. The Kier molecular flexibility index (Phi) is 5.69. The molecule has 0 saturated carbocycles. The fourth-order valence-electron chi connectivity index (χ4n) is 4.35. The molecule has 2 aliphatic heterocycles. The molecule has 4 heteroatoms. The third-order valence-corrected chi connectivity index (χ3v) is 6.12. The summed E-state index contributed by atoms with van der Waals surface area (Å²) in [5.74, 6) is -0.0806. The Balaban J connectivity index is 1.79. The molecular formula is C21H32O4. The summed E-state index contributed by atoms with van der Waals surface area (Å²) in [7, 11) is 1.65. The fourth-order valence-corrected chi connectivity index (χ4v) is 4.35. The van der Waals surface area contributed by atoms with Crippen LogP contribution >= 0.6 is 0 Å². The third-order valence-electron chi connectivity index (χ3n) is 6.12. The highest BCUT2D eigenvalue weighted by molar-refractivity contribution is 5.75. The van der Waals surface area contributed by atoms with Gasteiger partial charge in [0.2, 0.25) is 0 Å². The van der Waals surface area contributed by atoms with Crippen LogP contribution in [0.1, 0.15) is 59.3 Å². The first kappa shape index (κ1) is 18.7. The second kappa shape index (κ2) is 7.63. The van der Waals surface area contributed by atoms with E-state index in [2.05, 4.69) is 32.9 Å². The molecule has 3 aliphatic rings. The summed E-state index contributed by atoms with van der Waals surface area (Å²) in [6, 6.07) is 0. The van der Waals surface area contributed by atoms with Crippen LogP contribution in [-0.2, 0) is 19.0 Å². The van der Waals surface area contributed by atoms with Gasteiger partial charge in [-0.15, -0.1) is 0 Å². The molecular weight excluding hydrogens is 316 g/mol. The molecule has 2 fully saturated rings. The van der Waals surface area contributed by atoms with Crippen molar-refractivity contribution in [2.45, 2.75) is 77.1 Å². The van der Waals surface area contributed by atoms with Crippen molar-refractivity contribution >= 4 is 5.97 Å². The first-order valence-electron chi connectivity index (χ1n) is 9.61. The van der Waals surface area contributed by atoms with E-state index in [4.69, 9.17) is 14.2 Å². The van der Waals surface area contributed by atoms with Gasteiger partial charge < -0.3 is 14.2 Å². The highest BCUT2D eigenvalue weighted by atomic mass is 16.6. The van der Waals surface area contributed by atoms with Crippen molar-refractivity contribution in [1.82, 2.24) is 0 Å². The molecule has 0 radical (unpaired) electrons. The van der Waals surface area contributed by atoms with Crippen LogP contribution in [0.2, 0.25) is 0 Å². The number of esters is 1. The molecule has 3 rings (SSSR count). The van der Waals surface area contributed by atoms with Crippen molar-refractivity contribution in [3.05, 3.63) is 23.3 Å². The van der Waals surface area contributed by atoms with Crippen LogP contribution in [0, 0.1) is 11.8 Å². The number of fused-ring (bicyclic) bond motifs is 2. The first-order valence-corrected chi connectivity index (χ1v) is 9.61. The van der Waals surface area contributed by atoms with Crippen molar-refractivity contribution in [3.8, 4) is 0 Å². The molecule has 0 unspecified atom stereocenters. The van der Waals surface area contributed by atoms with Gasteiger partial charge in [-0.1, -0.05) is 23.3 Å². The normalized spacial score (nSPS) is 43.6. The molecule has 5 atom stereocenters. The van der Waals surface area contributed by atoms with Gasteiger partial charge in [-0.3, -0.25) is 4.79 Å². The van der Waals surface area contributed by atoms with E-state index in [1.165, 1.54) is 11.1 Å². The van der Waals surface area contributed by atoms with Crippen LogP contribution in [0.5, 0.6) is 0 Å². The van der Waals surface area contributed by atoms with Crippen LogP contribution in [0.25, 0.3) is 0 Å². The van der Waals surface area contributed by atoms with Gasteiger partial charge in [0.15, 0.2) is 0 Å². The van der Waals surface area contributed by atoms with Crippen molar-refractivity contribution in [2.24, 2.45) is 11.8 Å². The smallest absolute Gasteiger partial charge is 0.312 e. The Morgan fingerprint density at radius 1 is 1.24 bits per heavy atom. The number of ether oxygens (including phenoxy) is 3. The molecule has 25 heavy (non-hydrogen) atoms. The van der Waals surface area contributed by atoms with E-state index in [0.29, 0.717) is 6.61 Å². The molecule has 0 aromatic heterocycles. The predicted molar refractivity (Wildman–Crippen MR) is 97.2 cm³/mol. The largest absolute Gasteiger partial charge is 0.461 e. The number of allylic oxidation sites excluding steroid dienone is 3. The second-order valence-corrected chi connectivity index (χ2v) is 8.24. The monoisotopic (exact) mass is 348 g/mol. The number of rotatable bonds is 2. The number of hydrogen-bond donors (Lipinski definition) is 0. The summed E-state index contributed by atoms with van der Waals surface area (Å²) in [6.45, 7) is 7.01. The molecule has 0 amide bonds. The lowest BCUT2D eigenvalue weighted by atomic mass is 9.82. The van der Waals surface area contributed by atoms with Gasteiger partial charge >= 0.3 is 5.97 Å². The quantitative estimate of drug-likeness (QED) is 0.426. The van der Waals surface area contributed by atoms with E-state index < -0.39 is 0 Å². The van der Waals surface area contributed by atoms with E-state index in [-0.39, 0.29) is 35.6 Å². The maximum Gasteiger partial charge on any atom is 0.312 e. The Labute approximate surface area is 151 Å². The minimum Gasteiger partial charge on any atom is -0.461 e. The zero-order valence-corrected chi connectivity index (χ0v) is 16.0. The summed E-state index contributed by atoms with van der Waals surface area (Å²) in [5.41, 5.74) is 2.72. The van der Waals surface area contributed by atoms with Gasteiger partial charge in [-0.25, -0.2) is 0 Å². The summed E-state index contributed by atoms with van der Waals surface area (Å²) in [6.07, 6.45) is 10.8. The molecule has 140 valence electrons. The van der Waals surface area contributed by atoms with Crippen molar-refractivity contribution in [2.75, 3.05) is 13.7 Å². The van der Waals surface area contributed by atoms with Crippen LogP contribution in [0.4, 0.5) is 0 Å². The summed E-state index contributed by atoms with van der Waals surface area (Å²) < 4.78 is 17.1. The van der Waals surface area contributed by atoms with E-state index in [1.807, 2.05) is 0 Å². The zero-order chi connectivity index (χ0) is 18.0. The van der Waals surface area contributed by atoms with Gasteiger partial charge in [-0.2, -0.15) is 0 Å². The fraction of sp³-hybridized carbons (Fsp3) is 0.762. The topological polar surface area (TPSA) is 48.1 Å². The molecule has 2 saturated heterocycles. The zero-order valence-electron chi connectivity index (χ0n) is 16.0. The number of hydrogen-bond acceptors (Lipinski definition) is 4. The van der Waals surface area contributed by atoms with Crippen LogP contribution in [-0.4, -0.2) is 37.5 Å². The minimum absolute atomic E-state index is 0.0421. The minimum atomic E-state index is -0.161. The van der Waals surface area contributed by atoms with Gasteiger partial charge in [0.25, 0.3) is 0 Å². The molecule has 2 heterocycles. The maximum absolute atomic E-state index is 12.4. The van der Waals surface area contributed by atoms with Crippen molar-refractivity contribution in [1.29, 1.82) is 0 Å². The SMILES string of the molecule is COC[C@@H]1C(=O)O[C@H]2C/C(C)=C/CC/C(C)=C/CC[C@@]3(C)O[C@@H]3C[C@H]21. The number of carbonyl (C=O) groups is 1. The Morgan fingerprint density at radius 3 is 2.76 bits per heavy atom. The molecule has 0 bridgehead atoms. The average molecular weight is 348 g/mol. The van der Waals surface area contributed by atoms with Gasteiger partial charge in [0.05, 0.1) is 24.2 Å². The number of epoxide rings is 1. The average Bonchev–Trinajstić information content (AvgIpc) is 3.09. The Hall–Kier alpha value is -1.13. The molecule has 0 aromatic rings. The Bertz CT molecular complexity index is 564. The summed E-state index contributed by atoms with van der Waals surface area (Å²) in [5, 5.41) is 0. The molecule has 1 aliphatic carbocycles. The maximum atomic E-state index is 12.4. The van der Waals surface area contributed by atoms with Crippen LogP contribution in [0.15, 0.2) is 23.3 Å².